The molecule has 0 spiro atoms. The number of aromatic hydroxyl groups is 1. The number of hydrogen-bond donors (Lipinski definition) is 2. The Morgan fingerprint density at radius 3 is 2.73 bits per heavy atom. The van der Waals surface area contributed by atoms with Crippen molar-refractivity contribution in [3.63, 3.8) is 0 Å². The number of phenolic OH excluding ortho intramolecular Hbond substituents is 1. The third kappa shape index (κ3) is 2.33. The Kier molecular flexibility index (Phi) is 3.66. The minimum absolute atomic E-state index is 0.0514. The minimum atomic E-state index is -0.0514. The molecule has 1 heterocycles. The summed E-state index contributed by atoms with van der Waals surface area (Å²) in [6.07, 6.45) is 5.48. The van der Waals surface area contributed by atoms with Crippen LogP contribution in [0.3, 0.4) is 0 Å². The molecule has 0 amide bonds. The molecule has 1 aliphatic heterocycles. The summed E-state index contributed by atoms with van der Waals surface area (Å²) in [6.45, 7) is 0. The van der Waals surface area contributed by atoms with Crippen LogP contribution in [0.2, 0.25) is 10.0 Å². The van der Waals surface area contributed by atoms with Crippen molar-refractivity contribution in [2.45, 2.75) is 18.4 Å². The van der Waals surface area contributed by atoms with E-state index in [-0.39, 0.29) is 11.8 Å². The molecule has 3 aromatic carbocycles. The number of allylic oxidation sites excluding steroid dienone is 2. The van der Waals surface area contributed by atoms with E-state index in [9.17, 15) is 5.11 Å². The first-order valence-corrected chi connectivity index (χ1v) is 9.52. The third-order valence-electron chi connectivity index (χ3n) is 5.65. The number of fused-ring (bicyclic) bond motifs is 5. The number of phenols is 1. The topological polar surface area (TPSA) is 32.3 Å². The lowest BCUT2D eigenvalue weighted by Gasteiger charge is -2.38. The molecule has 3 aromatic rings. The third-order valence-corrected chi connectivity index (χ3v) is 6.16. The van der Waals surface area contributed by atoms with Crippen molar-refractivity contribution in [1.29, 1.82) is 0 Å². The molecular weight excluding hydrogens is 365 g/mol. The highest BCUT2D eigenvalue weighted by atomic mass is 35.5. The lowest BCUT2D eigenvalue weighted by atomic mass is 9.76. The van der Waals surface area contributed by atoms with Gasteiger partial charge >= 0.3 is 0 Å². The first-order valence-electron chi connectivity index (χ1n) is 8.76. The maximum atomic E-state index is 10.6. The van der Waals surface area contributed by atoms with Crippen LogP contribution in [-0.4, -0.2) is 5.11 Å². The molecule has 130 valence electrons. The van der Waals surface area contributed by atoms with Crippen molar-refractivity contribution in [1.82, 2.24) is 0 Å². The predicted octanol–water partition coefficient (Wildman–Crippen LogP) is 6.68. The summed E-state index contributed by atoms with van der Waals surface area (Å²) in [5.41, 5.74) is 3.21. The van der Waals surface area contributed by atoms with Crippen LogP contribution in [0.5, 0.6) is 5.75 Å². The molecule has 26 heavy (non-hydrogen) atoms. The van der Waals surface area contributed by atoms with Gasteiger partial charge in [-0.15, -0.1) is 0 Å². The summed E-state index contributed by atoms with van der Waals surface area (Å²) in [5, 5.41) is 17.5. The molecule has 0 saturated heterocycles. The van der Waals surface area contributed by atoms with Crippen molar-refractivity contribution in [3.8, 4) is 5.75 Å². The Labute approximate surface area is 162 Å². The van der Waals surface area contributed by atoms with Gasteiger partial charge in [0.1, 0.15) is 5.75 Å². The number of nitrogens with one attached hydrogen (secondary N) is 1. The number of rotatable bonds is 1. The second-order valence-electron chi connectivity index (χ2n) is 7.05. The van der Waals surface area contributed by atoms with Crippen LogP contribution in [0.1, 0.15) is 29.5 Å². The van der Waals surface area contributed by atoms with Gasteiger partial charge in [0, 0.05) is 27.6 Å². The maximum Gasteiger partial charge on any atom is 0.139 e. The van der Waals surface area contributed by atoms with E-state index in [1.807, 2.05) is 6.07 Å². The normalized spacial score (nSPS) is 23.5. The van der Waals surface area contributed by atoms with E-state index in [4.69, 9.17) is 23.2 Å². The summed E-state index contributed by atoms with van der Waals surface area (Å²) in [6, 6.07) is 16.1. The van der Waals surface area contributed by atoms with Gasteiger partial charge in [0.2, 0.25) is 0 Å². The average Bonchev–Trinajstić information content (AvgIpc) is 3.14. The van der Waals surface area contributed by atoms with Crippen molar-refractivity contribution >= 4 is 39.7 Å². The molecule has 2 N–H and O–H groups in total. The van der Waals surface area contributed by atoms with Crippen LogP contribution in [0.25, 0.3) is 10.8 Å². The summed E-state index contributed by atoms with van der Waals surface area (Å²) in [5.74, 6) is 0.755. The van der Waals surface area contributed by atoms with Crippen LogP contribution in [0.15, 0.2) is 60.7 Å². The molecule has 0 fully saturated rings. The number of hydrogen-bond acceptors (Lipinski definition) is 2. The van der Waals surface area contributed by atoms with Crippen LogP contribution < -0.4 is 5.32 Å². The second kappa shape index (κ2) is 5.94. The van der Waals surface area contributed by atoms with E-state index in [2.05, 4.69) is 53.9 Å². The fourth-order valence-electron chi connectivity index (χ4n) is 4.47. The first kappa shape index (κ1) is 16.0. The molecule has 2 nitrogen and oxygen atoms in total. The summed E-state index contributed by atoms with van der Waals surface area (Å²) >= 11 is 12.4. The van der Waals surface area contributed by atoms with E-state index in [1.54, 1.807) is 6.07 Å². The van der Waals surface area contributed by atoms with Gasteiger partial charge in [0.15, 0.2) is 0 Å². The molecule has 2 aliphatic rings. The van der Waals surface area contributed by atoms with E-state index in [1.165, 1.54) is 16.3 Å². The average molecular weight is 382 g/mol. The molecule has 3 atom stereocenters. The van der Waals surface area contributed by atoms with Gasteiger partial charge < -0.3 is 10.4 Å². The Bertz CT molecular complexity index is 1060. The molecule has 0 aromatic heterocycles. The van der Waals surface area contributed by atoms with Gasteiger partial charge in [-0.1, -0.05) is 71.8 Å². The quantitative estimate of drug-likeness (QED) is 0.460. The van der Waals surface area contributed by atoms with Crippen LogP contribution in [0, 0.1) is 5.92 Å². The highest BCUT2D eigenvalue weighted by Gasteiger charge is 2.39. The Morgan fingerprint density at radius 2 is 1.85 bits per heavy atom. The summed E-state index contributed by atoms with van der Waals surface area (Å²) in [4.78, 5) is 0. The largest absolute Gasteiger partial charge is 0.506 e. The fraction of sp³-hybridized carbons (Fsp3) is 0.182. The van der Waals surface area contributed by atoms with Crippen LogP contribution >= 0.6 is 23.2 Å². The zero-order chi connectivity index (χ0) is 17.8. The highest BCUT2D eigenvalue weighted by Crippen LogP contribution is 2.53. The summed E-state index contributed by atoms with van der Waals surface area (Å²) < 4.78 is 0. The van der Waals surface area contributed by atoms with Crippen LogP contribution in [-0.2, 0) is 0 Å². The molecule has 5 rings (SSSR count). The molecule has 3 unspecified atom stereocenters. The predicted molar refractivity (Wildman–Crippen MR) is 108 cm³/mol. The Hall–Kier alpha value is -2.16. The lowest BCUT2D eigenvalue weighted by Crippen LogP contribution is -2.29. The number of benzene rings is 3. The van der Waals surface area contributed by atoms with Crippen molar-refractivity contribution < 1.29 is 5.11 Å². The van der Waals surface area contributed by atoms with Crippen LogP contribution in [0.4, 0.5) is 5.69 Å². The highest BCUT2D eigenvalue weighted by molar-refractivity contribution is 6.35. The van der Waals surface area contributed by atoms with E-state index in [0.717, 1.165) is 17.7 Å². The van der Waals surface area contributed by atoms with Gasteiger partial charge in [-0.2, -0.15) is 0 Å². The van der Waals surface area contributed by atoms with Crippen molar-refractivity contribution in [2.75, 3.05) is 5.32 Å². The van der Waals surface area contributed by atoms with E-state index >= 15 is 0 Å². The first-order chi connectivity index (χ1) is 12.6. The fourth-order valence-corrected chi connectivity index (χ4v) is 4.98. The molecule has 1 aliphatic carbocycles. The van der Waals surface area contributed by atoms with Gasteiger partial charge in [0.25, 0.3) is 0 Å². The smallest absolute Gasteiger partial charge is 0.139 e. The van der Waals surface area contributed by atoms with Gasteiger partial charge in [-0.3, -0.25) is 0 Å². The van der Waals surface area contributed by atoms with Crippen molar-refractivity contribution in [3.05, 3.63) is 81.9 Å². The minimum Gasteiger partial charge on any atom is -0.506 e. The van der Waals surface area contributed by atoms with E-state index in [0.29, 0.717) is 21.9 Å². The molecular formula is C22H17Cl2NO. The van der Waals surface area contributed by atoms with E-state index < -0.39 is 0 Å². The zero-order valence-electron chi connectivity index (χ0n) is 13.9. The maximum absolute atomic E-state index is 10.6. The van der Waals surface area contributed by atoms with Gasteiger partial charge in [-0.25, -0.2) is 0 Å². The van der Waals surface area contributed by atoms with Crippen molar-refractivity contribution in [2.24, 2.45) is 5.92 Å². The van der Waals surface area contributed by atoms with Gasteiger partial charge in [0.05, 0.1) is 11.1 Å². The monoisotopic (exact) mass is 381 g/mol. The molecule has 0 saturated carbocycles. The van der Waals surface area contributed by atoms with Gasteiger partial charge in [-0.05, 0) is 35.4 Å². The zero-order valence-corrected chi connectivity index (χ0v) is 15.4. The summed E-state index contributed by atoms with van der Waals surface area (Å²) in [7, 11) is 0. The standard InChI is InChI=1S/C22H17Cl2NO/c23-13-10-18(22(26)19(24)11-13)21-16-7-3-6-15(16)17-9-8-12-4-1-2-5-14(12)20(17)25-21/h1-6,8-11,15-16,21,25-26H,7H2. The molecule has 0 radical (unpaired) electrons. The SMILES string of the molecule is Oc1c(Cl)cc(Cl)cc1C1Nc2c(ccc3ccccc23)C2C=CCC21. The number of halogens is 2. The molecule has 0 bridgehead atoms. The second-order valence-corrected chi connectivity index (χ2v) is 7.90. The lowest BCUT2D eigenvalue weighted by molar-refractivity contribution is 0.403. The number of anilines is 1. The Morgan fingerprint density at radius 1 is 1.00 bits per heavy atom. The Balaban J connectivity index is 1.73. The molecule has 4 heteroatoms.